The van der Waals surface area contributed by atoms with Crippen LogP contribution >= 0.6 is 0 Å². The zero-order valence-corrected chi connectivity index (χ0v) is 37.6. The minimum atomic E-state index is -2.36. The van der Waals surface area contributed by atoms with Gasteiger partial charge in [-0.15, -0.1) is 0 Å². The largest absolute Gasteiger partial charge is 0.481 e. The molecule has 2 saturated heterocycles. The van der Waals surface area contributed by atoms with Crippen molar-refractivity contribution >= 4 is 11.9 Å². The van der Waals surface area contributed by atoms with Gasteiger partial charge in [-0.25, -0.2) is 0 Å². The van der Waals surface area contributed by atoms with Gasteiger partial charge in [0.1, 0.15) is 18.1 Å². The number of hydrogen-bond acceptors (Lipinski definition) is 17. The molecule has 13 N–H and O–H groups in total. The molecule has 19 atom stereocenters. The molecule has 3 aliphatic rings. The summed E-state index contributed by atoms with van der Waals surface area (Å²) in [5.74, 6) is -6.88. The van der Waals surface area contributed by atoms with Crippen LogP contribution in [0.2, 0.25) is 0 Å². The Bertz CT molecular complexity index is 1670. The zero-order valence-electron chi connectivity index (χ0n) is 37.6. The molecule has 18 heteroatoms. The van der Waals surface area contributed by atoms with Crippen molar-refractivity contribution in [3.8, 4) is 0 Å². The molecule has 3 rings (SSSR count). The number of carboxylic acids is 1. The molecule has 18 nitrogen and oxygen atoms in total. The number of cyclic esters (lactones) is 1. The topological polar surface area (TPSA) is 320 Å². The zero-order chi connectivity index (χ0) is 48.4. The van der Waals surface area contributed by atoms with Gasteiger partial charge in [0.15, 0.2) is 12.1 Å². The predicted octanol–water partition coefficient (Wildman–Crippen LogP) is 0.712. The number of aliphatic carboxylic acids is 1. The Hall–Kier alpha value is -3.44. The van der Waals surface area contributed by atoms with E-state index < -0.39 is 141 Å². The van der Waals surface area contributed by atoms with E-state index in [4.69, 9.17) is 24.7 Å². The van der Waals surface area contributed by atoms with Crippen molar-refractivity contribution in [1.29, 1.82) is 0 Å². The number of esters is 1. The highest BCUT2D eigenvalue weighted by Gasteiger charge is 2.51. The predicted molar refractivity (Wildman–Crippen MR) is 237 cm³/mol. The molecule has 0 aliphatic carbocycles. The van der Waals surface area contributed by atoms with E-state index in [1.807, 2.05) is 13.0 Å². The molecule has 2 bridgehead atoms. The number of nitrogens with two attached hydrogens (primary N) is 1. The summed E-state index contributed by atoms with van der Waals surface area (Å²) in [5, 5.41) is 118. The molecule has 368 valence electrons. The minimum absolute atomic E-state index is 0.140. The molecule has 65 heavy (non-hydrogen) atoms. The van der Waals surface area contributed by atoms with E-state index in [1.165, 1.54) is 13.0 Å². The molecular formula is C47H73NO17. The number of carbonyl (C=O) groups is 2. The Kier molecular flexibility index (Phi) is 23.6. The highest BCUT2D eigenvalue weighted by Crippen LogP contribution is 2.38. The van der Waals surface area contributed by atoms with Crippen LogP contribution in [0.5, 0.6) is 0 Å². The first-order valence-electron chi connectivity index (χ1n) is 22.3. The third kappa shape index (κ3) is 18.6. The molecule has 0 saturated carbocycles. The first-order valence-corrected chi connectivity index (χ1v) is 22.3. The third-order valence-corrected chi connectivity index (χ3v) is 12.0. The summed E-state index contributed by atoms with van der Waals surface area (Å²) in [6, 6.07) is -1.15. The van der Waals surface area contributed by atoms with Crippen LogP contribution in [0, 0.1) is 17.8 Å². The fourth-order valence-corrected chi connectivity index (χ4v) is 7.96. The minimum Gasteiger partial charge on any atom is -0.481 e. The van der Waals surface area contributed by atoms with E-state index in [9.17, 15) is 65.8 Å². The molecule has 0 aromatic heterocycles. The SMILES string of the molecule is C[C@@H]1[C@H](O)[C@@H](C)/C=C/C=C/C=C/C=C/C=C/C=C/C=C/[C@H](O[C@@H]2O[C@H](C)[C@@H](O)[C@H](N)[C@@H]2O)C[C@@H]2O[C@](O)(C[C@@H](O)[C@H](O)CC[C@@H](O)C[C@@H](O)C[C@@H](O)CC(=O)O[C@H]1C)C[C@H](O)[C@H]2C(=O)O. The van der Waals surface area contributed by atoms with Gasteiger partial charge in [-0.1, -0.05) is 98.9 Å². The van der Waals surface area contributed by atoms with Crippen LogP contribution in [0.15, 0.2) is 85.1 Å². The monoisotopic (exact) mass is 923 g/mol. The van der Waals surface area contributed by atoms with E-state index in [1.54, 1.807) is 86.8 Å². The van der Waals surface area contributed by atoms with Gasteiger partial charge in [-0.05, 0) is 39.5 Å². The summed E-state index contributed by atoms with van der Waals surface area (Å²) >= 11 is 0. The number of carbonyl (C=O) groups excluding carboxylic acids is 1. The lowest BCUT2D eigenvalue weighted by Crippen LogP contribution is -2.61. The third-order valence-electron chi connectivity index (χ3n) is 12.0. The molecule has 3 heterocycles. The van der Waals surface area contributed by atoms with Gasteiger partial charge < -0.3 is 80.9 Å². The molecular weight excluding hydrogens is 851 g/mol. The first-order chi connectivity index (χ1) is 30.6. The second kappa shape index (κ2) is 27.4. The molecule has 0 spiro atoms. The van der Waals surface area contributed by atoms with Crippen molar-refractivity contribution in [2.75, 3.05) is 0 Å². The van der Waals surface area contributed by atoms with Gasteiger partial charge >= 0.3 is 11.9 Å². The average Bonchev–Trinajstić information content (AvgIpc) is 3.21. The van der Waals surface area contributed by atoms with Gasteiger partial charge in [0.2, 0.25) is 0 Å². The number of ether oxygens (including phenoxy) is 4. The van der Waals surface area contributed by atoms with Crippen LogP contribution in [-0.4, -0.2) is 166 Å². The molecule has 0 aromatic rings. The van der Waals surface area contributed by atoms with Crippen LogP contribution in [-0.2, 0) is 28.5 Å². The van der Waals surface area contributed by atoms with Crippen molar-refractivity contribution in [2.24, 2.45) is 23.5 Å². The standard InChI is InChI=1S/C47H73NO17/c1-27-17-15-13-11-9-7-5-6-8-10-12-14-16-18-34(64-46-44(58)41(48)43(57)30(4)63-46)24-38-40(45(59)60)37(54)26-47(61,65-38)25-36(53)35(52)20-19-31(49)21-32(50)22-33(51)23-39(55)62-29(3)28(2)42(27)56/h5-18,27-38,40-44,46,49-54,56-58,61H,19-26,48H2,1-4H3,(H,59,60)/b6-5+,9-7+,10-8+,13-11+,14-12+,17-15+,18-16+/t27-,28-,29-,30+,31+,32+,33+,34-,35+,36+,37-,38-,40+,41-,42+,43+,44-,46-,47+/m0/s1. The summed E-state index contributed by atoms with van der Waals surface area (Å²) in [4.78, 5) is 25.1. The van der Waals surface area contributed by atoms with Crippen molar-refractivity contribution < 1.29 is 84.7 Å². The summed E-state index contributed by atoms with van der Waals surface area (Å²) < 4.78 is 23.1. The second-order valence-electron chi connectivity index (χ2n) is 17.6. The van der Waals surface area contributed by atoms with Crippen LogP contribution in [0.25, 0.3) is 0 Å². The van der Waals surface area contributed by atoms with Gasteiger partial charge in [0.25, 0.3) is 0 Å². The Labute approximate surface area is 381 Å². The number of aliphatic hydroxyl groups excluding tert-OH is 9. The molecule has 0 unspecified atom stereocenters. The fourth-order valence-electron chi connectivity index (χ4n) is 7.96. The number of allylic oxidation sites excluding steroid dienone is 12. The van der Waals surface area contributed by atoms with Crippen molar-refractivity contribution in [3.63, 3.8) is 0 Å². The van der Waals surface area contributed by atoms with Crippen molar-refractivity contribution in [1.82, 2.24) is 0 Å². The number of rotatable bonds is 3. The van der Waals surface area contributed by atoms with Crippen LogP contribution < -0.4 is 5.73 Å². The maximum absolute atomic E-state index is 12.6. The smallest absolute Gasteiger partial charge is 0.311 e. The lowest BCUT2D eigenvalue weighted by Gasteiger charge is -2.45. The van der Waals surface area contributed by atoms with E-state index in [0.29, 0.717) is 0 Å². The van der Waals surface area contributed by atoms with E-state index in [0.717, 1.165) is 0 Å². The molecule has 2 fully saturated rings. The Morgan fingerprint density at radius 2 is 1.20 bits per heavy atom. The van der Waals surface area contributed by atoms with Crippen molar-refractivity contribution in [3.05, 3.63) is 85.1 Å². The molecule has 0 radical (unpaired) electrons. The Morgan fingerprint density at radius 3 is 1.78 bits per heavy atom. The molecule has 0 aromatic carbocycles. The number of hydrogen-bond donors (Lipinski definition) is 12. The van der Waals surface area contributed by atoms with Gasteiger partial charge in [-0.2, -0.15) is 0 Å². The number of carboxylic acid groups (broad SMARTS) is 1. The van der Waals surface area contributed by atoms with E-state index >= 15 is 0 Å². The average molecular weight is 924 g/mol. The molecule has 3 aliphatic heterocycles. The maximum Gasteiger partial charge on any atom is 0.311 e. The van der Waals surface area contributed by atoms with Gasteiger partial charge in [-0.3, -0.25) is 9.59 Å². The normalized spacial score (nSPS) is 45.5. The molecule has 0 amide bonds. The van der Waals surface area contributed by atoms with E-state index in [2.05, 4.69) is 0 Å². The van der Waals surface area contributed by atoms with Crippen LogP contribution in [0.1, 0.15) is 79.1 Å². The summed E-state index contributed by atoms with van der Waals surface area (Å²) in [6.07, 6.45) is 3.49. The Morgan fingerprint density at radius 1 is 0.662 bits per heavy atom. The van der Waals surface area contributed by atoms with E-state index in [-0.39, 0.29) is 38.0 Å². The fraction of sp³-hybridized carbons (Fsp3) is 0.660. The number of aliphatic hydroxyl groups is 10. The maximum atomic E-state index is 12.6. The van der Waals surface area contributed by atoms with Crippen molar-refractivity contribution in [2.45, 2.75) is 177 Å². The lowest BCUT2D eigenvalue weighted by atomic mass is 9.82. The van der Waals surface area contributed by atoms with Crippen LogP contribution in [0.4, 0.5) is 0 Å². The van der Waals surface area contributed by atoms with Crippen LogP contribution in [0.3, 0.4) is 0 Å². The highest BCUT2D eigenvalue weighted by atomic mass is 16.7. The summed E-state index contributed by atoms with van der Waals surface area (Å²) in [7, 11) is 0. The lowest BCUT2D eigenvalue weighted by molar-refractivity contribution is -0.310. The summed E-state index contributed by atoms with van der Waals surface area (Å²) in [5.41, 5.74) is 6.02. The second-order valence-corrected chi connectivity index (χ2v) is 17.6. The highest BCUT2D eigenvalue weighted by molar-refractivity contribution is 5.71. The van der Waals surface area contributed by atoms with Gasteiger partial charge in [0.05, 0.1) is 79.6 Å². The summed E-state index contributed by atoms with van der Waals surface area (Å²) in [6.45, 7) is 6.74. The quantitative estimate of drug-likeness (QED) is 0.174. The number of fused-ring (bicyclic) bond motifs is 2. The van der Waals surface area contributed by atoms with Gasteiger partial charge in [0, 0.05) is 31.1 Å². The Balaban J connectivity index is 1.86. The first kappa shape index (κ1) is 55.9.